The van der Waals surface area contributed by atoms with Crippen LogP contribution in [0.4, 0.5) is 24.8 Å². The lowest BCUT2D eigenvalue weighted by molar-refractivity contribution is -0.141. The van der Waals surface area contributed by atoms with E-state index < -0.39 is 21.7 Å². The summed E-state index contributed by atoms with van der Waals surface area (Å²) < 4.78 is 63.1. The molecule has 2 aromatic heterocycles. The highest BCUT2D eigenvalue weighted by Crippen LogP contribution is 2.29. The van der Waals surface area contributed by atoms with Crippen molar-refractivity contribution in [1.29, 1.82) is 0 Å². The standard InChI is InChI=1S/C19H14F3N5O2S/c1-30(28,29)13-8-6-12(7-9-13)23-18-24-15-5-3-2-4-14(15)17(25-18)27-11-10-16(26-27)19(20,21)22/h2-11H,1H3,(H,23,24,25). The molecule has 4 aromatic rings. The van der Waals surface area contributed by atoms with E-state index in [1.54, 1.807) is 36.4 Å². The van der Waals surface area contributed by atoms with E-state index >= 15 is 0 Å². The van der Waals surface area contributed by atoms with Gasteiger partial charge in [0.25, 0.3) is 0 Å². The second kappa shape index (κ2) is 7.10. The normalized spacial score (nSPS) is 12.3. The van der Waals surface area contributed by atoms with E-state index in [1.165, 1.54) is 18.3 Å². The van der Waals surface area contributed by atoms with Crippen molar-refractivity contribution in [3.05, 3.63) is 66.5 Å². The first kappa shape index (κ1) is 19.8. The average Bonchev–Trinajstić information content (AvgIpc) is 3.18. The molecule has 0 bridgehead atoms. The van der Waals surface area contributed by atoms with Gasteiger partial charge in [0.15, 0.2) is 21.3 Å². The van der Waals surface area contributed by atoms with Crippen LogP contribution >= 0.6 is 0 Å². The molecule has 11 heteroatoms. The van der Waals surface area contributed by atoms with Crippen molar-refractivity contribution in [2.75, 3.05) is 11.6 Å². The SMILES string of the molecule is CS(=O)(=O)c1ccc(Nc2nc(-n3ccc(C(F)(F)F)n3)c3ccccc3n2)cc1. The molecule has 0 aliphatic carbocycles. The maximum atomic E-state index is 13.0. The molecule has 2 heterocycles. The zero-order valence-electron chi connectivity index (χ0n) is 15.4. The number of nitrogens with zero attached hydrogens (tertiary/aromatic N) is 4. The first-order valence-electron chi connectivity index (χ1n) is 8.58. The van der Waals surface area contributed by atoms with E-state index in [0.29, 0.717) is 16.6 Å². The second-order valence-electron chi connectivity index (χ2n) is 6.45. The van der Waals surface area contributed by atoms with Gasteiger partial charge >= 0.3 is 6.18 Å². The molecule has 0 aliphatic heterocycles. The minimum atomic E-state index is -4.57. The lowest BCUT2D eigenvalue weighted by atomic mass is 10.2. The molecule has 0 aliphatic rings. The number of nitrogens with one attached hydrogen (secondary N) is 1. The predicted octanol–water partition coefficient (Wildman–Crippen LogP) is 3.98. The van der Waals surface area contributed by atoms with Crippen LogP contribution in [0.2, 0.25) is 0 Å². The van der Waals surface area contributed by atoms with Gasteiger partial charge in [-0.05, 0) is 42.5 Å². The van der Waals surface area contributed by atoms with E-state index in [4.69, 9.17) is 0 Å². The van der Waals surface area contributed by atoms with E-state index in [0.717, 1.165) is 17.0 Å². The molecule has 7 nitrogen and oxygen atoms in total. The molecule has 30 heavy (non-hydrogen) atoms. The van der Waals surface area contributed by atoms with Crippen molar-refractivity contribution < 1.29 is 21.6 Å². The van der Waals surface area contributed by atoms with Crippen LogP contribution in [0.5, 0.6) is 0 Å². The number of benzene rings is 2. The van der Waals surface area contributed by atoms with Crippen molar-refractivity contribution in [3.63, 3.8) is 0 Å². The Morgan fingerprint density at radius 2 is 1.67 bits per heavy atom. The highest BCUT2D eigenvalue weighted by molar-refractivity contribution is 7.90. The Kier molecular flexibility index (Phi) is 4.69. The van der Waals surface area contributed by atoms with Crippen LogP contribution in [0.15, 0.2) is 65.7 Å². The van der Waals surface area contributed by atoms with Gasteiger partial charge in [0.1, 0.15) is 0 Å². The number of halogens is 3. The molecule has 0 spiro atoms. The molecule has 154 valence electrons. The van der Waals surface area contributed by atoms with Gasteiger partial charge in [0.05, 0.1) is 10.4 Å². The first-order chi connectivity index (χ1) is 14.1. The zero-order valence-corrected chi connectivity index (χ0v) is 16.2. The molecule has 0 saturated heterocycles. The molecule has 0 fully saturated rings. The highest BCUT2D eigenvalue weighted by Gasteiger charge is 2.34. The van der Waals surface area contributed by atoms with Crippen molar-refractivity contribution in [3.8, 4) is 5.82 Å². The topological polar surface area (TPSA) is 89.8 Å². The van der Waals surface area contributed by atoms with Crippen molar-refractivity contribution in [2.24, 2.45) is 0 Å². The highest BCUT2D eigenvalue weighted by atomic mass is 32.2. The summed E-state index contributed by atoms with van der Waals surface area (Å²) >= 11 is 0. The zero-order chi connectivity index (χ0) is 21.5. The summed E-state index contributed by atoms with van der Waals surface area (Å²) in [7, 11) is -3.34. The van der Waals surface area contributed by atoms with Crippen molar-refractivity contribution in [2.45, 2.75) is 11.1 Å². The third kappa shape index (κ3) is 3.96. The minimum Gasteiger partial charge on any atom is -0.324 e. The van der Waals surface area contributed by atoms with E-state index in [2.05, 4.69) is 20.4 Å². The molecule has 0 atom stereocenters. The molecule has 1 N–H and O–H groups in total. The van der Waals surface area contributed by atoms with Crippen LogP contribution in [0, 0.1) is 0 Å². The second-order valence-corrected chi connectivity index (χ2v) is 8.47. The quantitative estimate of drug-likeness (QED) is 0.524. The summed E-state index contributed by atoms with van der Waals surface area (Å²) in [4.78, 5) is 8.86. The Bertz CT molecular complexity index is 1330. The van der Waals surface area contributed by atoms with E-state index in [9.17, 15) is 21.6 Å². The molecule has 0 unspecified atom stereocenters. The molecule has 4 rings (SSSR count). The van der Waals surface area contributed by atoms with Crippen LogP contribution in [-0.4, -0.2) is 34.4 Å². The largest absolute Gasteiger partial charge is 0.435 e. The lowest BCUT2D eigenvalue weighted by Gasteiger charge is -2.11. The number of rotatable bonds is 4. The number of para-hydroxylation sites is 1. The number of aromatic nitrogens is 4. The average molecular weight is 433 g/mol. The Morgan fingerprint density at radius 1 is 0.967 bits per heavy atom. The fourth-order valence-electron chi connectivity index (χ4n) is 2.80. The molecule has 2 aromatic carbocycles. The lowest BCUT2D eigenvalue weighted by Crippen LogP contribution is -2.09. The third-order valence-electron chi connectivity index (χ3n) is 4.22. The van der Waals surface area contributed by atoms with Crippen LogP contribution < -0.4 is 5.32 Å². The first-order valence-corrected chi connectivity index (χ1v) is 10.5. The third-order valence-corrected chi connectivity index (χ3v) is 5.35. The summed E-state index contributed by atoms with van der Waals surface area (Å²) in [5.74, 6) is 0.297. The van der Waals surface area contributed by atoms with Crippen LogP contribution in [0.1, 0.15) is 5.69 Å². The Labute approximate surface area is 169 Å². The van der Waals surface area contributed by atoms with Crippen molar-refractivity contribution in [1.82, 2.24) is 19.7 Å². The summed E-state index contributed by atoms with van der Waals surface area (Å²) in [5.41, 5.74) is -0.0158. The predicted molar refractivity (Wildman–Crippen MR) is 104 cm³/mol. The monoisotopic (exact) mass is 433 g/mol. The number of fused-ring (bicyclic) bond motifs is 1. The van der Waals surface area contributed by atoms with E-state index in [1.807, 2.05) is 0 Å². The molecule has 0 amide bonds. The van der Waals surface area contributed by atoms with Gasteiger partial charge in [0.2, 0.25) is 5.95 Å². The smallest absolute Gasteiger partial charge is 0.324 e. The summed E-state index contributed by atoms with van der Waals surface area (Å²) in [5, 5.41) is 7.06. The van der Waals surface area contributed by atoms with Gasteiger partial charge in [-0.15, -0.1) is 0 Å². The number of sulfone groups is 1. The van der Waals surface area contributed by atoms with Gasteiger partial charge in [-0.1, -0.05) is 12.1 Å². The molecule has 0 saturated carbocycles. The van der Waals surface area contributed by atoms with Crippen LogP contribution in [0.3, 0.4) is 0 Å². The van der Waals surface area contributed by atoms with Crippen molar-refractivity contribution >= 4 is 32.4 Å². The van der Waals surface area contributed by atoms with Gasteiger partial charge in [0, 0.05) is 23.5 Å². The molecule has 0 radical (unpaired) electrons. The Balaban J connectivity index is 1.76. The van der Waals surface area contributed by atoms with Gasteiger partial charge < -0.3 is 5.32 Å². The number of alkyl halides is 3. The van der Waals surface area contributed by atoms with Gasteiger partial charge in [-0.3, -0.25) is 0 Å². The van der Waals surface area contributed by atoms with E-state index in [-0.39, 0.29) is 16.7 Å². The summed E-state index contributed by atoms with van der Waals surface area (Å²) in [6.07, 6.45) is -2.29. The number of hydrogen-bond donors (Lipinski definition) is 1. The Morgan fingerprint density at radius 3 is 2.30 bits per heavy atom. The van der Waals surface area contributed by atoms with Gasteiger partial charge in [-0.25, -0.2) is 18.1 Å². The molecular formula is C19H14F3N5O2S. The van der Waals surface area contributed by atoms with Crippen LogP contribution in [0.25, 0.3) is 16.7 Å². The fourth-order valence-corrected chi connectivity index (χ4v) is 3.43. The Hall–Kier alpha value is -3.47. The number of anilines is 2. The maximum Gasteiger partial charge on any atom is 0.435 e. The summed E-state index contributed by atoms with van der Waals surface area (Å²) in [6.45, 7) is 0. The fraction of sp³-hybridized carbons (Fsp3) is 0.105. The summed E-state index contributed by atoms with van der Waals surface area (Å²) in [6, 6.07) is 13.7. The maximum absolute atomic E-state index is 13.0. The van der Waals surface area contributed by atoms with Gasteiger partial charge in [-0.2, -0.15) is 23.3 Å². The minimum absolute atomic E-state index is 0.125. The molecular weight excluding hydrogens is 419 g/mol. The number of hydrogen-bond acceptors (Lipinski definition) is 6. The van der Waals surface area contributed by atoms with Crippen LogP contribution in [-0.2, 0) is 16.0 Å².